The Balaban J connectivity index is -0.0000000600. The fourth-order valence-corrected chi connectivity index (χ4v) is 0.505. The Hall–Kier alpha value is 3.11. The van der Waals surface area contributed by atoms with E-state index in [-0.39, 0.29) is 95.3 Å². The molecule has 0 aliphatic rings. The fraction of sp³-hybridized carbons (Fsp3) is 1.00. The van der Waals surface area contributed by atoms with E-state index in [2.05, 4.69) is 4.52 Å². The summed E-state index contributed by atoms with van der Waals surface area (Å²) in [7, 11) is -4.17. The number of hydrogen-bond donors (Lipinski definition) is 2. The Morgan fingerprint density at radius 1 is 1.30 bits per heavy atom. The van der Waals surface area contributed by atoms with Crippen molar-refractivity contribution < 1.29 is 18.9 Å². The maximum atomic E-state index is 9.70. The molecule has 0 radical (unpaired) electrons. The van der Waals surface area contributed by atoms with Crippen molar-refractivity contribution in [2.45, 2.75) is 6.92 Å². The van der Waals surface area contributed by atoms with Crippen LogP contribution in [0, 0.1) is 0 Å². The van der Waals surface area contributed by atoms with E-state index in [1.54, 1.807) is 0 Å². The standard InChI is InChI=1S/C2H7O4P.3Na.3H/c1-2-6-7(3,4)5;;;;;;/h2H2,1H3,(H2,3,4,5);;;;;;. The molecule has 4 nitrogen and oxygen atoms in total. The normalized spacial score (nSPS) is 8.30. The summed E-state index contributed by atoms with van der Waals surface area (Å²) < 4.78 is 13.6. The summed E-state index contributed by atoms with van der Waals surface area (Å²) in [4.78, 5) is 15.8. The molecule has 0 fully saturated rings. The van der Waals surface area contributed by atoms with Crippen molar-refractivity contribution in [3.05, 3.63) is 0 Å². The van der Waals surface area contributed by atoms with Crippen molar-refractivity contribution in [1.82, 2.24) is 0 Å². The summed E-state index contributed by atoms with van der Waals surface area (Å²) in [5.74, 6) is 0. The zero-order valence-electron chi connectivity index (χ0n) is 3.87. The molecule has 0 aromatic rings. The van der Waals surface area contributed by atoms with Gasteiger partial charge < -0.3 is 9.79 Å². The average Bonchev–Trinajstić information content (AvgIpc) is 1.30. The first kappa shape index (κ1) is 23.2. The number of phosphoric ester groups is 1. The second-order valence-electron chi connectivity index (χ2n) is 0.908. The van der Waals surface area contributed by atoms with E-state index in [9.17, 15) is 4.57 Å². The predicted octanol–water partition coefficient (Wildman–Crippen LogP) is -1.83. The third kappa shape index (κ3) is 22.5. The van der Waals surface area contributed by atoms with E-state index in [0.717, 1.165) is 0 Å². The van der Waals surface area contributed by atoms with Crippen LogP contribution in [-0.4, -0.2) is 105 Å². The molecule has 10 heavy (non-hydrogen) atoms. The summed E-state index contributed by atoms with van der Waals surface area (Å²) in [5.41, 5.74) is 0. The third-order valence-corrected chi connectivity index (χ3v) is 0.892. The van der Waals surface area contributed by atoms with Gasteiger partial charge in [0, 0.05) is 0 Å². The minimum atomic E-state index is -4.17. The van der Waals surface area contributed by atoms with Crippen LogP contribution in [0.4, 0.5) is 0 Å². The van der Waals surface area contributed by atoms with Gasteiger partial charge >= 0.3 is 96.5 Å². The van der Waals surface area contributed by atoms with Crippen LogP contribution in [0.3, 0.4) is 0 Å². The van der Waals surface area contributed by atoms with Gasteiger partial charge in [0.1, 0.15) is 0 Å². The van der Waals surface area contributed by atoms with Crippen molar-refractivity contribution in [2.75, 3.05) is 6.61 Å². The second-order valence-corrected chi connectivity index (χ2v) is 2.15. The van der Waals surface area contributed by atoms with Gasteiger partial charge in [-0.05, 0) is 6.92 Å². The number of hydrogen-bond acceptors (Lipinski definition) is 2. The van der Waals surface area contributed by atoms with Gasteiger partial charge in [0.15, 0.2) is 0 Å². The molecule has 0 aromatic heterocycles. The van der Waals surface area contributed by atoms with Gasteiger partial charge in [-0.25, -0.2) is 4.57 Å². The molecule has 0 saturated heterocycles. The molecular formula is C2H10Na3O4P. The number of rotatable bonds is 2. The number of phosphoric acid groups is 1. The van der Waals surface area contributed by atoms with Crippen LogP contribution in [0.5, 0.6) is 0 Å². The third-order valence-electron chi connectivity index (χ3n) is 0.297. The monoisotopic (exact) mass is 198 g/mol. The van der Waals surface area contributed by atoms with Crippen molar-refractivity contribution >= 4 is 96.5 Å². The Bertz CT molecular complexity index is 92.5. The first-order valence-electron chi connectivity index (χ1n) is 1.76. The van der Waals surface area contributed by atoms with Gasteiger partial charge in [0.05, 0.1) is 6.61 Å². The van der Waals surface area contributed by atoms with Gasteiger partial charge in [-0.2, -0.15) is 0 Å². The molecular weight excluding hydrogens is 188 g/mol. The molecule has 2 N–H and O–H groups in total. The van der Waals surface area contributed by atoms with Crippen LogP contribution in [0.1, 0.15) is 6.92 Å². The molecule has 8 heteroatoms. The van der Waals surface area contributed by atoms with Gasteiger partial charge in [0.2, 0.25) is 0 Å². The molecule has 0 saturated carbocycles. The van der Waals surface area contributed by atoms with Crippen LogP contribution in [0.25, 0.3) is 0 Å². The Morgan fingerprint density at radius 2 is 1.60 bits per heavy atom. The zero-order chi connectivity index (χ0) is 5.91. The minimum absolute atomic E-state index is 0. The van der Waals surface area contributed by atoms with Gasteiger partial charge in [-0.3, -0.25) is 4.52 Å². The molecule has 50 valence electrons. The SMILES string of the molecule is CCOP(=O)(O)O.[NaH].[NaH].[NaH]. The summed E-state index contributed by atoms with van der Waals surface area (Å²) in [6.45, 7) is 1.56. The van der Waals surface area contributed by atoms with E-state index in [1.807, 2.05) is 0 Å². The first-order valence-corrected chi connectivity index (χ1v) is 3.29. The molecule has 0 heterocycles. The zero-order valence-corrected chi connectivity index (χ0v) is 4.76. The molecule has 0 atom stereocenters. The first-order chi connectivity index (χ1) is 3.06. The van der Waals surface area contributed by atoms with Crippen molar-refractivity contribution in [1.29, 1.82) is 0 Å². The van der Waals surface area contributed by atoms with Crippen LogP contribution >= 0.6 is 7.82 Å². The van der Waals surface area contributed by atoms with E-state index in [1.165, 1.54) is 6.92 Å². The molecule has 0 amide bonds. The Labute approximate surface area is 127 Å². The van der Waals surface area contributed by atoms with E-state index in [0.29, 0.717) is 0 Å². The van der Waals surface area contributed by atoms with Crippen LogP contribution in [-0.2, 0) is 9.09 Å². The topological polar surface area (TPSA) is 66.8 Å². The van der Waals surface area contributed by atoms with Crippen molar-refractivity contribution in [3.63, 3.8) is 0 Å². The van der Waals surface area contributed by atoms with Gasteiger partial charge in [0.25, 0.3) is 0 Å². The van der Waals surface area contributed by atoms with Crippen LogP contribution in [0.2, 0.25) is 0 Å². The molecule has 0 aromatic carbocycles. The van der Waals surface area contributed by atoms with Crippen molar-refractivity contribution in [2.24, 2.45) is 0 Å². The summed E-state index contributed by atoms with van der Waals surface area (Å²) in [6, 6.07) is 0. The van der Waals surface area contributed by atoms with E-state index < -0.39 is 7.82 Å². The van der Waals surface area contributed by atoms with E-state index >= 15 is 0 Å². The molecule has 0 aliphatic heterocycles. The van der Waals surface area contributed by atoms with Gasteiger partial charge in [-0.1, -0.05) is 0 Å². The van der Waals surface area contributed by atoms with Crippen LogP contribution < -0.4 is 0 Å². The Kier molecular flexibility index (Phi) is 28.1. The fourth-order valence-electron chi connectivity index (χ4n) is 0.168. The molecule has 0 aliphatic carbocycles. The van der Waals surface area contributed by atoms with Crippen LogP contribution in [0.15, 0.2) is 0 Å². The summed E-state index contributed by atoms with van der Waals surface area (Å²) in [6.07, 6.45) is 0. The van der Waals surface area contributed by atoms with Crippen molar-refractivity contribution in [3.8, 4) is 0 Å². The van der Waals surface area contributed by atoms with Gasteiger partial charge in [-0.15, -0.1) is 0 Å². The second kappa shape index (κ2) is 12.1. The quantitative estimate of drug-likeness (QED) is 0.404. The Morgan fingerprint density at radius 3 is 1.60 bits per heavy atom. The van der Waals surface area contributed by atoms with E-state index in [4.69, 9.17) is 9.79 Å². The average molecular weight is 198 g/mol. The predicted molar refractivity (Wildman–Crippen MR) is 45.1 cm³/mol. The maximum absolute atomic E-state index is 9.70. The molecule has 0 rings (SSSR count). The molecule has 0 spiro atoms. The summed E-state index contributed by atoms with van der Waals surface area (Å²) in [5, 5.41) is 0. The summed E-state index contributed by atoms with van der Waals surface area (Å²) >= 11 is 0. The molecule has 0 unspecified atom stereocenters. The molecule has 0 bridgehead atoms.